The third kappa shape index (κ3) is 1.15. The molecule has 2 atom stereocenters. The smallest absolute Gasteiger partial charge is 0.0456 e. The molecule has 0 amide bonds. The van der Waals surface area contributed by atoms with Gasteiger partial charge in [0.2, 0.25) is 0 Å². The Kier molecular flexibility index (Phi) is 1.64. The molecule has 1 aromatic carbocycles. The van der Waals surface area contributed by atoms with E-state index in [1.165, 1.54) is 23.0 Å². The molecule has 2 nitrogen and oxygen atoms in total. The first-order valence-electron chi connectivity index (χ1n) is 5.16. The van der Waals surface area contributed by atoms with Gasteiger partial charge in [-0.2, -0.15) is 0 Å². The fraction of sp³-hybridized carbons (Fsp3) is 0.333. The molecule has 0 bridgehead atoms. The average Bonchev–Trinajstić information content (AvgIpc) is 2.89. The van der Waals surface area contributed by atoms with Gasteiger partial charge in [-0.15, -0.1) is 0 Å². The summed E-state index contributed by atoms with van der Waals surface area (Å²) in [6, 6.07) is 10.7. The summed E-state index contributed by atoms with van der Waals surface area (Å²) in [5, 5.41) is 1.31. The number of fused-ring (bicyclic) bond motifs is 1. The molecule has 2 heteroatoms. The van der Waals surface area contributed by atoms with Crippen molar-refractivity contribution in [2.24, 2.45) is 11.7 Å². The molecule has 1 aliphatic rings. The van der Waals surface area contributed by atoms with E-state index in [1.807, 2.05) is 0 Å². The Morgan fingerprint density at radius 2 is 2.21 bits per heavy atom. The minimum absolute atomic E-state index is 0.687. The third-order valence-electron chi connectivity index (χ3n) is 3.18. The Bertz CT molecular complexity index is 425. The molecule has 1 fully saturated rings. The van der Waals surface area contributed by atoms with E-state index in [4.69, 9.17) is 5.73 Å². The predicted molar refractivity (Wildman–Crippen MR) is 58.2 cm³/mol. The largest absolute Gasteiger partial charge is 0.358 e. The lowest BCUT2D eigenvalue weighted by molar-refractivity contribution is 0.801. The van der Waals surface area contributed by atoms with Crippen molar-refractivity contribution in [3.63, 3.8) is 0 Å². The van der Waals surface area contributed by atoms with Crippen molar-refractivity contribution in [2.75, 3.05) is 6.54 Å². The second-order valence-corrected chi connectivity index (χ2v) is 4.15. The molecule has 2 aromatic rings. The van der Waals surface area contributed by atoms with Gasteiger partial charge < -0.3 is 10.7 Å². The van der Waals surface area contributed by atoms with Crippen LogP contribution >= 0.6 is 0 Å². The summed E-state index contributed by atoms with van der Waals surface area (Å²) >= 11 is 0. The number of aromatic amines is 1. The number of hydrogen-bond donors (Lipinski definition) is 2. The van der Waals surface area contributed by atoms with Crippen molar-refractivity contribution >= 4 is 10.9 Å². The molecular weight excluding hydrogens is 172 g/mol. The van der Waals surface area contributed by atoms with Crippen LogP contribution < -0.4 is 5.73 Å². The number of benzene rings is 1. The first kappa shape index (κ1) is 8.06. The van der Waals surface area contributed by atoms with Crippen LogP contribution in [-0.4, -0.2) is 11.5 Å². The van der Waals surface area contributed by atoms with E-state index in [1.54, 1.807) is 0 Å². The molecule has 3 rings (SSSR count). The molecule has 0 aliphatic heterocycles. The lowest BCUT2D eigenvalue weighted by Gasteiger charge is -1.92. The topological polar surface area (TPSA) is 41.8 Å². The van der Waals surface area contributed by atoms with Crippen molar-refractivity contribution in [1.82, 2.24) is 4.98 Å². The van der Waals surface area contributed by atoms with Crippen molar-refractivity contribution in [3.8, 4) is 0 Å². The maximum atomic E-state index is 5.64. The molecule has 0 radical (unpaired) electrons. The minimum Gasteiger partial charge on any atom is -0.358 e. The molecular formula is C12H14N2. The van der Waals surface area contributed by atoms with Gasteiger partial charge in [-0.25, -0.2) is 0 Å². The van der Waals surface area contributed by atoms with Gasteiger partial charge in [0.25, 0.3) is 0 Å². The summed E-state index contributed by atoms with van der Waals surface area (Å²) in [6.07, 6.45) is 1.25. The number of aromatic nitrogens is 1. The Labute approximate surface area is 83.1 Å². The van der Waals surface area contributed by atoms with Crippen LogP contribution in [0.5, 0.6) is 0 Å². The van der Waals surface area contributed by atoms with Crippen LogP contribution in [0, 0.1) is 5.92 Å². The highest BCUT2D eigenvalue weighted by Gasteiger charge is 2.37. The van der Waals surface area contributed by atoms with Gasteiger partial charge in [0.1, 0.15) is 0 Å². The molecule has 1 heterocycles. The van der Waals surface area contributed by atoms with Gasteiger partial charge in [-0.3, -0.25) is 0 Å². The Hall–Kier alpha value is -1.28. The highest BCUT2D eigenvalue weighted by atomic mass is 14.8. The van der Waals surface area contributed by atoms with Gasteiger partial charge in [-0.1, -0.05) is 18.2 Å². The number of para-hydroxylation sites is 1. The first-order valence-corrected chi connectivity index (χ1v) is 5.16. The van der Waals surface area contributed by atoms with Gasteiger partial charge in [-0.05, 0) is 36.4 Å². The number of rotatable bonds is 2. The number of nitrogens with one attached hydrogen (secondary N) is 1. The quantitative estimate of drug-likeness (QED) is 0.742. The summed E-state index contributed by atoms with van der Waals surface area (Å²) in [5.41, 5.74) is 8.25. The average molecular weight is 186 g/mol. The summed E-state index contributed by atoms with van der Waals surface area (Å²) in [5.74, 6) is 1.40. The lowest BCUT2D eigenvalue weighted by atomic mass is 10.2. The normalized spacial score (nSPS) is 25.5. The number of hydrogen-bond acceptors (Lipinski definition) is 1. The molecule has 1 aromatic heterocycles. The van der Waals surface area contributed by atoms with Gasteiger partial charge in [0.15, 0.2) is 0 Å². The Morgan fingerprint density at radius 3 is 2.93 bits per heavy atom. The van der Waals surface area contributed by atoms with Gasteiger partial charge in [0.05, 0.1) is 0 Å². The van der Waals surface area contributed by atoms with E-state index in [2.05, 4.69) is 35.3 Å². The maximum Gasteiger partial charge on any atom is 0.0456 e. The van der Waals surface area contributed by atoms with Crippen LogP contribution in [0.25, 0.3) is 10.9 Å². The second-order valence-electron chi connectivity index (χ2n) is 4.15. The molecule has 0 spiro atoms. The summed E-state index contributed by atoms with van der Waals surface area (Å²) < 4.78 is 0. The van der Waals surface area contributed by atoms with Crippen molar-refractivity contribution in [2.45, 2.75) is 12.3 Å². The zero-order valence-corrected chi connectivity index (χ0v) is 8.03. The molecule has 0 saturated heterocycles. The van der Waals surface area contributed by atoms with E-state index in [0.29, 0.717) is 11.8 Å². The minimum atomic E-state index is 0.687. The van der Waals surface area contributed by atoms with Crippen molar-refractivity contribution in [1.29, 1.82) is 0 Å². The number of H-pyrrole nitrogens is 1. The molecule has 1 aliphatic carbocycles. The maximum absolute atomic E-state index is 5.64. The van der Waals surface area contributed by atoms with E-state index >= 15 is 0 Å². The van der Waals surface area contributed by atoms with E-state index < -0.39 is 0 Å². The standard InChI is InChI=1S/C12H14N2/c13-7-9-5-10(9)12-6-8-3-1-2-4-11(8)14-12/h1-4,6,9-10,14H,5,7,13H2/t9-,10+/m0/s1. The molecule has 3 N–H and O–H groups in total. The van der Waals surface area contributed by atoms with Crippen LogP contribution in [0.3, 0.4) is 0 Å². The summed E-state index contributed by atoms with van der Waals surface area (Å²) in [6.45, 7) is 0.819. The van der Waals surface area contributed by atoms with Crippen molar-refractivity contribution < 1.29 is 0 Å². The zero-order chi connectivity index (χ0) is 9.54. The SMILES string of the molecule is NC[C@@H]1C[C@H]1c1cc2ccccc2[nH]1. The first-order chi connectivity index (χ1) is 6.88. The Balaban J connectivity index is 1.99. The van der Waals surface area contributed by atoms with Crippen molar-refractivity contribution in [3.05, 3.63) is 36.0 Å². The zero-order valence-electron chi connectivity index (χ0n) is 8.03. The van der Waals surface area contributed by atoms with E-state index in [9.17, 15) is 0 Å². The summed E-state index contributed by atoms with van der Waals surface area (Å²) in [4.78, 5) is 3.47. The molecule has 72 valence electrons. The number of nitrogens with two attached hydrogens (primary N) is 1. The highest BCUT2D eigenvalue weighted by Crippen LogP contribution is 2.46. The Morgan fingerprint density at radius 1 is 1.36 bits per heavy atom. The van der Waals surface area contributed by atoms with Crippen LogP contribution in [0.4, 0.5) is 0 Å². The molecule has 1 saturated carbocycles. The monoisotopic (exact) mass is 186 g/mol. The lowest BCUT2D eigenvalue weighted by Crippen LogP contribution is -2.01. The fourth-order valence-electron chi connectivity index (χ4n) is 2.18. The molecule has 0 unspecified atom stereocenters. The second kappa shape index (κ2) is 2.85. The highest BCUT2D eigenvalue weighted by molar-refractivity contribution is 5.80. The molecule has 14 heavy (non-hydrogen) atoms. The van der Waals surface area contributed by atoms with Gasteiger partial charge >= 0.3 is 0 Å². The van der Waals surface area contributed by atoms with Crippen LogP contribution in [0.2, 0.25) is 0 Å². The van der Waals surface area contributed by atoms with Crippen LogP contribution in [0.15, 0.2) is 30.3 Å². The third-order valence-corrected chi connectivity index (χ3v) is 3.18. The van der Waals surface area contributed by atoms with E-state index in [-0.39, 0.29) is 0 Å². The van der Waals surface area contributed by atoms with Crippen LogP contribution in [0.1, 0.15) is 18.0 Å². The van der Waals surface area contributed by atoms with Crippen LogP contribution in [-0.2, 0) is 0 Å². The van der Waals surface area contributed by atoms with E-state index in [0.717, 1.165) is 6.54 Å². The van der Waals surface area contributed by atoms with Gasteiger partial charge in [0, 0.05) is 17.1 Å². The predicted octanol–water partition coefficient (Wildman–Crippen LogP) is 2.23. The fourth-order valence-corrected chi connectivity index (χ4v) is 2.18. The summed E-state index contributed by atoms with van der Waals surface area (Å²) in [7, 11) is 0.